The minimum atomic E-state index is -2.94. The Kier molecular flexibility index (Phi) is 3.43. The Bertz CT molecular complexity index is 530. The molecule has 0 spiro atoms. The number of nitrogens with zero attached hydrogens (tertiary/aromatic N) is 4. The highest BCUT2D eigenvalue weighted by atomic mass is 32.2. The van der Waals surface area contributed by atoms with E-state index >= 15 is 0 Å². The normalized spacial score (nSPS) is 22.8. The van der Waals surface area contributed by atoms with Crippen molar-refractivity contribution >= 4 is 21.5 Å². The molecule has 1 fully saturated rings. The fraction of sp³-hybridized carbons (Fsp3) is 0.636. The summed E-state index contributed by atoms with van der Waals surface area (Å²) in [6, 6.07) is 0. The monoisotopic (exact) mass is 270 g/mol. The zero-order chi connectivity index (χ0) is 13.3. The molecule has 0 aromatic carbocycles. The Morgan fingerprint density at radius 1 is 1.33 bits per heavy atom. The van der Waals surface area contributed by atoms with Crippen molar-refractivity contribution in [2.45, 2.75) is 12.2 Å². The van der Waals surface area contributed by atoms with Gasteiger partial charge >= 0.3 is 0 Å². The van der Waals surface area contributed by atoms with Gasteiger partial charge in [-0.05, 0) is 6.92 Å². The second-order valence-electron chi connectivity index (χ2n) is 4.72. The lowest BCUT2D eigenvalue weighted by Crippen LogP contribution is -2.46. The summed E-state index contributed by atoms with van der Waals surface area (Å²) in [7, 11) is 0.862. The maximum atomic E-state index is 11.7. The topological polar surface area (TPSA) is 66.4 Å². The first-order valence-electron chi connectivity index (χ1n) is 5.86. The molecule has 18 heavy (non-hydrogen) atoms. The van der Waals surface area contributed by atoms with E-state index in [1.165, 1.54) is 0 Å². The molecule has 0 radical (unpaired) electrons. The van der Waals surface area contributed by atoms with Crippen molar-refractivity contribution in [3.8, 4) is 0 Å². The smallest absolute Gasteiger partial charge is 0.172 e. The van der Waals surface area contributed by atoms with Crippen molar-refractivity contribution in [3.63, 3.8) is 0 Å². The highest BCUT2D eigenvalue weighted by Crippen LogP contribution is 2.25. The van der Waals surface area contributed by atoms with Gasteiger partial charge in [0.15, 0.2) is 21.5 Å². The van der Waals surface area contributed by atoms with Crippen LogP contribution in [0.2, 0.25) is 0 Å². The van der Waals surface area contributed by atoms with Crippen LogP contribution in [-0.4, -0.2) is 56.6 Å². The number of anilines is 2. The molecule has 7 heteroatoms. The van der Waals surface area contributed by atoms with Crippen molar-refractivity contribution in [1.82, 2.24) is 9.97 Å². The molecule has 0 bridgehead atoms. The van der Waals surface area contributed by atoms with Gasteiger partial charge in [0.1, 0.15) is 0 Å². The summed E-state index contributed by atoms with van der Waals surface area (Å²) < 4.78 is 23.4. The minimum absolute atomic E-state index is 0.178. The molecule has 100 valence electrons. The quantitative estimate of drug-likeness (QED) is 0.763. The maximum absolute atomic E-state index is 11.7. The molecule has 0 N–H and O–H groups in total. The van der Waals surface area contributed by atoms with Crippen LogP contribution in [0.3, 0.4) is 0 Å². The van der Waals surface area contributed by atoms with Gasteiger partial charge in [-0.2, -0.15) is 0 Å². The van der Waals surface area contributed by atoms with Crippen molar-refractivity contribution in [1.29, 1.82) is 0 Å². The molecular weight excluding hydrogens is 252 g/mol. The fourth-order valence-electron chi connectivity index (χ4n) is 2.01. The summed E-state index contributed by atoms with van der Waals surface area (Å²) in [6.07, 6.45) is 3.28. The van der Waals surface area contributed by atoms with Gasteiger partial charge in [0.05, 0.1) is 11.0 Å². The van der Waals surface area contributed by atoms with E-state index in [0.29, 0.717) is 13.1 Å². The standard InChI is InChI=1S/C11H18N4O2S/c1-9-8-15(6-7-18(9,16)17)11-10(14(2)3)12-4-5-13-11/h4-5,9H,6-8H2,1-3H3. The van der Waals surface area contributed by atoms with Gasteiger partial charge in [-0.25, -0.2) is 18.4 Å². The largest absolute Gasteiger partial charge is 0.360 e. The first-order valence-corrected chi connectivity index (χ1v) is 7.58. The SMILES string of the molecule is CC1CN(c2nccnc2N(C)C)CCS1(=O)=O. The highest BCUT2D eigenvalue weighted by molar-refractivity contribution is 7.92. The van der Waals surface area contributed by atoms with E-state index in [9.17, 15) is 8.42 Å². The molecule has 1 aromatic rings. The molecule has 1 aliphatic heterocycles. The third kappa shape index (κ3) is 2.40. The van der Waals surface area contributed by atoms with Gasteiger partial charge in [0, 0.05) is 39.6 Å². The molecule has 0 saturated carbocycles. The summed E-state index contributed by atoms with van der Waals surface area (Å²) >= 11 is 0. The second-order valence-corrected chi connectivity index (χ2v) is 7.26. The van der Waals surface area contributed by atoms with E-state index in [1.54, 1.807) is 19.3 Å². The number of sulfone groups is 1. The van der Waals surface area contributed by atoms with Crippen molar-refractivity contribution in [2.24, 2.45) is 0 Å². The first kappa shape index (κ1) is 13.1. The van der Waals surface area contributed by atoms with Crippen LogP contribution in [0.4, 0.5) is 11.6 Å². The lowest BCUT2D eigenvalue weighted by atomic mass is 10.3. The zero-order valence-electron chi connectivity index (χ0n) is 10.9. The number of hydrogen-bond donors (Lipinski definition) is 0. The Hall–Kier alpha value is -1.37. The third-order valence-corrected chi connectivity index (χ3v) is 5.25. The summed E-state index contributed by atoms with van der Waals surface area (Å²) in [5.41, 5.74) is 0. The van der Waals surface area contributed by atoms with E-state index in [4.69, 9.17) is 0 Å². The maximum Gasteiger partial charge on any atom is 0.172 e. The predicted octanol–water partition coefficient (Wildman–Crippen LogP) is 0.166. The van der Waals surface area contributed by atoms with E-state index in [2.05, 4.69) is 9.97 Å². The molecular formula is C11H18N4O2S. The van der Waals surface area contributed by atoms with Gasteiger partial charge in [-0.1, -0.05) is 0 Å². The number of aromatic nitrogens is 2. The molecule has 0 aliphatic carbocycles. The average Bonchev–Trinajstić information content (AvgIpc) is 2.33. The van der Waals surface area contributed by atoms with E-state index in [-0.39, 0.29) is 11.0 Å². The van der Waals surface area contributed by atoms with Crippen LogP contribution in [-0.2, 0) is 9.84 Å². The Labute approximate surface area is 108 Å². The predicted molar refractivity (Wildman–Crippen MR) is 71.8 cm³/mol. The minimum Gasteiger partial charge on any atom is -0.360 e. The van der Waals surface area contributed by atoms with E-state index < -0.39 is 9.84 Å². The molecule has 0 amide bonds. The summed E-state index contributed by atoms with van der Waals surface area (Å²) in [4.78, 5) is 12.5. The number of rotatable bonds is 2. The molecule has 2 heterocycles. The zero-order valence-corrected chi connectivity index (χ0v) is 11.7. The van der Waals surface area contributed by atoms with Crippen LogP contribution in [0.1, 0.15) is 6.92 Å². The van der Waals surface area contributed by atoms with E-state index in [1.807, 2.05) is 23.9 Å². The molecule has 1 aliphatic rings. The molecule has 1 unspecified atom stereocenters. The van der Waals surface area contributed by atoms with Crippen LogP contribution in [0.5, 0.6) is 0 Å². The van der Waals surface area contributed by atoms with Crippen LogP contribution >= 0.6 is 0 Å². The van der Waals surface area contributed by atoms with Gasteiger partial charge in [-0.15, -0.1) is 0 Å². The molecule has 1 atom stereocenters. The Morgan fingerprint density at radius 3 is 2.61 bits per heavy atom. The summed E-state index contributed by atoms with van der Waals surface area (Å²) in [5, 5.41) is -0.358. The second kappa shape index (κ2) is 4.72. The summed E-state index contributed by atoms with van der Waals surface area (Å²) in [6.45, 7) is 2.70. The van der Waals surface area contributed by atoms with Crippen LogP contribution in [0.15, 0.2) is 12.4 Å². The lowest BCUT2D eigenvalue weighted by Gasteiger charge is -2.33. The molecule has 2 rings (SSSR count). The van der Waals surface area contributed by atoms with Crippen LogP contribution < -0.4 is 9.80 Å². The van der Waals surface area contributed by atoms with Gasteiger partial charge in [-0.3, -0.25) is 0 Å². The highest BCUT2D eigenvalue weighted by Gasteiger charge is 2.31. The van der Waals surface area contributed by atoms with Crippen molar-refractivity contribution in [2.75, 3.05) is 42.7 Å². The van der Waals surface area contributed by atoms with Crippen LogP contribution in [0, 0.1) is 0 Å². The molecule has 6 nitrogen and oxygen atoms in total. The van der Waals surface area contributed by atoms with Crippen LogP contribution in [0.25, 0.3) is 0 Å². The summed E-state index contributed by atoms with van der Waals surface area (Å²) in [5.74, 6) is 1.70. The van der Waals surface area contributed by atoms with Crippen molar-refractivity contribution < 1.29 is 8.42 Å². The number of hydrogen-bond acceptors (Lipinski definition) is 6. The average molecular weight is 270 g/mol. The molecule has 1 aromatic heterocycles. The fourth-order valence-corrected chi connectivity index (χ4v) is 3.29. The molecule has 1 saturated heterocycles. The Balaban J connectivity index is 2.29. The van der Waals surface area contributed by atoms with Crippen molar-refractivity contribution in [3.05, 3.63) is 12.4 Å². The van der Waals surface area contributed by atoms with Gasteiger partial charge in [0.2, 0.25) is 0 Å². The first-order chi connectivity index (χ1) is 8.42. The van der Waals surface area contributed by atoms with Gasteiger partial charge < -0.3 is 9.80 Å². The van der Waals surface area contributed by atoms with Gasteiger partial charge in [0.25, 0.3) is 0 Å². The van der Waals surface area contributed by atoms with E-state index in [0.717, 1.165) is 11.6 Å². The Morgan fingerprint density at radius 2 is 2.00 bits per heavy atom. The lowest BCUT2D eigenvalue weighted by molar-refractivity contribution is 0.568. The third-order valence-electron chi connectivity index (χ3n) is 3.12.